The third-order valence-corrected chi connectivity index (χ3v) is 24.2. The van der Waals surface area contributed by atoms with Gasteiger partial charge >= 0.3 is 5.97 Å². The van der Waals surface area contributed by atoms with E-state index in [1.807, 2.05) is 0 Å². The Hall–Kier alpha value is -9.53. The van der Waals surface area contributed by atoms with Crippen molar-refractivity contribution in [3.63, 3.8) is 0 Å². The van der Waals surface area contributed by atoms with Gasteiger partial charge in [-0.05, 0) is 82.0 Å². The van der Waals surface area contributed by atoms with Crippen molar-refractivity contribution >= 4 is 164 Å². The number of para-hydroxylation sites is 1. The van der Waals surface area contributed by atoms with Crippen LogP contribution in [-0.2, 0) is 135 Å². The number of thioether (sulfide) groups is 3. The Bertz CT molecular complexity index is 4160. The number of aromatic nitrogens is 1. The maximum atomic E-state index is 15.8. The first kappa shape index (κ1) is 106. The normalized spacial score (nSPS) is 28.0. The smallest absolute Gasteiger partial charge is 0.303 e. The number of ketones is 1. The monoisotopic (exact) mass is 1860 g/mol. The van der Waals surface area contributed by atoms with Gasteiger partial charge in [-0.3, -0.25) is 91.1 Å². The summed E-state index contributed by atoms with van der Waals surface area (Å²) in [6, 6.07) is -19.0. The number of amides is 18. The number of rotatable bonds is 19. The number of aromatic amines is 1. The zero-order valence-corrected chi connectivity index (χ0v) is 76.5. The molecule has 0 spiro atoms. The minimum absolute atomic E-state index is 0. The van der Waals surface area contributed by atoms with E-state index in [1.165, 1.54) is 61.8 Å². The quantitative estimate of drug-likeness (QED) is 0.0461. The summed E-state index contributed by atoms with van der Waals surface area (Å²) in [5, 5.41) is 63.8. The topological polar surface area (TPSA) is 614 Å². The summed E-state index contributed by atoms with van der Waals surface area (Å²) in [6.07, 6.45) is 1.04. The van der Waals surface area contributed by atoms with Crippen molar-refractivity contribution in [3.8, 4) is 0 Å². The van der Waals surface area contributed by atoms with Crippen LogP contribution in [0.5, 0.6) is 0 Å². The van der Waals surface area contributed by atoms with Gasteiger partial charge in [0.05, 0.1) is 19.7 Å². The van der Waals surface area contributed by atoms with E-state index >= 15 is 24.0 Å². The third-order valence-electron chi connectivity index (χ3n) is 20.2. The molecule has 20 atom stereocenters. The Labute approximate surface area is 750 Å². The number of aliphatic hydroxyl groups excluding tert-OH is 1. The largest absolute Gasteiger partial charge is 0.481 e. The average molecular weight is 1860 g/mol. The predicted molar refractivity (Wildman–Crippen MR) is 450 cm³/mol. The van der Waals surface area contributed by atoms with Crippen LogP contribution in [0, 0.1) is 37.0 Å². The van der Waals surface area contributed by atoms with Gasteiger partial charge in [-0.2, -0.15) is 42.2 Å². The second-order valence-electron chi connectivity index (χ2n) is 31.1. The van der Waals surface area contributed by atoms with Gasteiger partial charge in [0.25, 0.3) is 0 Å². The summed E-state index contributed by atoms with van der Waals surface area (Å²) in [7, 11) is 0. The van der Waals surface area contributed by atoms with E-state index < -0.39 is 299 Å². The molecule has 5 rings (SSSR count). The SMILES string of the molecule is [CH2-][C@H](NC(=O)[C@H](C)NC(=O)[C@@H]1CS[C@@H](C)[C@H]2NC(=O)[C@H](CC(C)C)NC(=O)[C@H](NC(=O)[C@H]3CSC[C@H](C)C(=O)N[C@@H](CO)C(=O)NCC(=O)N[C@@H](Cc4c[nH]c5ccccc45)C(=O)N[C@@H](C(C)C)C(=O)N3)[C@H](C)SC[C@H](NC(=O)[C@H](CCC(=O)O)NC(=O)[C@H](C(C)CC)NC2=O)C(=O)NCC(=O)N[C@@H]([CH-]C)C(=O)N[C@@H](C)C(=O)N[C@@H](C)C(=O)N1)C(C)=O.[Y]. The molecule has 1 unspecified atom stereocenters. The molecule has 41 nitrogen and oxygen atoms in total. The van der Waals surface area contributed by atoms with E-state index in [4.69, 9.17) is 0 Å². The van der Waals surface area contributed by atoms with Crippen molar-refractivity contribution in [2.75, 3.05) is 42.7 Å². The molecule has 0 saturated carbocycles. The molecular weight excluding hydrogens is 1740 g/mol. The minimum atomic E-state index is -1.92. The number of nitrogens with one attached hydrogen (secondary N) is 19. The molecule has 2 bridgehead atoms. The number of aliphatic carboxylic acids is 1. The molecule has 1 aromatic carbocycles. The number of hydrogen-bond donors (Lipinski definition) is 21. The molecule has 21 N–H and O–H groups in total. The number of aliphatic hydroxyl groups is 1. The van der Waals surface area contributed by atoms with E-state index in [-0.39, 0.29) is 57.7 Å². The van der Waals surface area contributed by atoms with E-state index in [0.717, 1.165) is 30.4 Å². The van der Waals surface area contributed by atoms with Crippen molar-refractivity contribution < 1.29 is 139 Å². The minimum Gasteiger partial charge on any atom is -0.481 e. The van der Waals surface area contributed by atoms with Crippen molar-refractivity contribution in [2.24, 2.45) is 23.7 Å². The molecule has 123 heavy (non-hydrogen) atoms. The molecule has 3 aliphatic heterocycles. The first-order valence-corrected chi connectivity index (χ1v) is 43.3. The maximum absolute atomic E-state index is 15.8. The fourth-order valence-corrected chi connectivity index (χ4v) is 15.8. The van der Waals surface area contributed by atoms with Gasteiger partial charge in [0, 0.05) is 102 Å². The number of Topliss-reactive ketones (excluding diaryl/α,β-unsaturated/α-hetero) is 1. The molecule has 18 amide bonds. The van der Waals surface area contributed by atoms with Crippen molar-refractivity contribution in [1.82, 2.24) is 101 Å². The number of carbonyl (C=O) groups excluding carboxylic acids is 19. The van der Waals surface area contributed by atoms with Crippen LogP contribution in [0.2, 0.25) is 0 Å². The molecule has 3 aliphatic rings. The summed E-state index contributed by atoms with van der Waals surface area (Å²) in [6.45, 7) is 21.0. The molecule has 1 aromatic heterocycles. The number of H-pyrrole nitrogens is 1. The van der Waals surface area contributed by atoms with Crippen LogP contribution in [0.3, 0.4) is 0 Å². The van der Waals surface area contributed by atoms with Gasteiger partial charge in [-0.1, -0.05) is 86.9 Å². The number of fused-ring (bicyclic) bond motifs is 10. The molecular formula is C78H117N19O22S3Y-2. The van der Waals surface area contributed by atoms with Gasteiger partial charge in [0.15, 0.2) is 0 Å². The van der Waals surface area contributed by atoms with Crippen molar-refractivity contribution in [3.05, 3.63) is 49.4 Å². The molecule has 2 aromatic rings. The zero-order valence-electron chi connectivity index (χ0n) is 71.2. The number of benzene rings is 1. The van der Waals surface area contributed by atoms with Crippen LogP contribution in [0.15, 0.2) is 30.5 Å². The van der Waals surface area contributed by atoms with E-state index in [2.05, 4.69) is 108 Å². The van der Waals surface area contributed by atoms with Gasteiger partial charge in [-0.25, -0.2) is 0 Å². The summed E-state index contributed by atoms with van der Waals surface area (Å²) in [5.41, 5.74) is 1.22. The summed E-state index contributed by atoms with van der Waals surface area (Å²) < 4.78 is 0. The fourth-order valence-electron chi connectivity index (χ4n) is 12.4. The first-order valence-electron chi connectivity index (χ1n) is 40.1. The number of carboxylic acids is 1. The molecule has 679 valence electrons. The second kappa shape index (κ2) is 51.0. The van der Waals surface area contributed by atoms with Crippen LogP contribution >= 0.6 is 35.3 Å². The second-order valence-corrected chi connectivity index (χ2v) is 35.0. The van der Waals surface area contributed by atoms with Gasteiger partial charge in [0.2, 0.25) is 106 Å². The Morgan fingerprint density at radius 3 is 1.74 bits per heavy atom. The molecule has 3 fully saturated rings. The van der Waals surface area contributed by atoms with E-state index in [9.17, 15) is 82.1 Å². The molecule has 3 saturated heterocycles. The number of hydrogen-bond acceptors (Lipinski definition) is 24. The molecule has 0 aliphatic carbocycles. The number of carboxylic acid groups (broad SMARTS) is 1. The van der Waals surface area contributed by atoms with E-state index in [1.54, 1.807) is 65.1 Å². The van der Waals surface area contributed by atoms with Crippen LogP contribution in [-0.4, -0.2) is 283 Å². The first-order chi connectivity index (χ1) is 57.4. The summed E-state index contributed by atoms with van der Waals surface area (Å²) in [5.74, 6) is -25.5. The van der Waals surface area contributed by atoms with Gasteiger partial charge in [-0.15, -0.1) is 0 Å². The van der Waals surface area contributed by atoms with Crippen LogP contribution in [0.25, 0.3) is 10.9 Å². The molecule has 45 heteroatoms. The Morgan fingerprint density at radius 2 is 1.12 bits per heavy atom. The van der Waals surface area contributed by atoms with Gasteiger partial charge in [0.1, 0.15) is 90.4 Å². The van der Waals surface area contributed by atoms with Crippen molar-refractivity contribution in [2.45, 2.75) is 236 Å². The van der Waals surface area contributed by atoms with E-state index in [0.29, 0.717) is 28.2 Å². The Morgan fingerprint density at radius 1 is 0.561 bits per heavy atom. The van der Waals surface area contributed by atoms with Gasteiger partial charge < -0.3 is 129 Å². The standard InChI is InChI=1S/C78H117N19O22S3.Y/c1-16-36(7)60-76(117)88-49(22-23-58(102)103)70(111)92-54-32-121-43(14)61(97-74(115)53-31-120-30-37(8)63(104)90-52(29-98)67(108)80-28-57(101)87-51(72(113)94-59(35(5)6)75(116)93-53)25-45-26-79-48-21-19-18-20-46(45)48)77(118)89-50(24-34(3)4)71(112)96-62(78(119)95-60)44(15)122-33-55(73(114)85-39(10)64(105)82-38(9)42(13)99)91-66(107)41(12)83-65(106)40(11)84-69(110)47(17-2)86-56(100)27-81-68(54)109;/h17-21,26,34-41,43-44,47,49-55,59-62,79,98H,9,16,22-25,27-33H2,1-8,10-15H3,(H,80,108)(H,81,109)(H,82,105)(H,83,106)(H,84,110)(H,85,114)(H,86,100)(H,87,101)(H,88,117)(H,89,118)(H,90,104)(H,91,107)(H,92,111)(H,93,116)(H,94,113)(H,95,119)(H,96,112)(H,97,115)(H,102,103);/q-2;/t36?,37-,38-,39-,40-,41-,43-,44-,47-,49-,50-,51-,52-,53+,54-,55-,59-,60-,61+,62+;/m0./s1. The Kier molecular flexibility index (Phi) is 43.9. The van der Waals surface area contributed by atoms with Crippen LogP contribution < -0.4 is 95.7 Å². The van der Waals surface area contributed by atoms with Crippen LogP contribution in [0.4, 0.5) is 0 Å². The summed E-state index contributed by atoms with van der Waals surface area (Å²) in [4.78, 5) is 289. The zero-order chi connectivity index (χ0) is 91.3. The third kappa shape index (κ3) is 33.2. The number of carbonyl (C=O) groups is 20. The fraction of sp³-hybridized carbons (Fsp3) is 0.615. The molecule has 1 radical (unpaired) electrons. The van der Waals surface area contributed by atoms with Crippen molar-refractivity contribution in [1.29, 1.82) is 0 Å². The van der Waals surface area contributed by atoms with Crippen LogP contribution in [0.1, 0.15) is 128 Å². The molecule has 4 heterocycles. The summed E-state index contributed by atoms with van der Waals surface area (Å²) >= 11 is 2.36. The Balaban J connectivity index is 0.0000318. The average Bonchev–Trinajstić information content (AvgIpc) is 1.75. The maximum Gasteiger partial charge on any atom is 0.303 e. The predicted octanol–water partition coefficient (Wildman–Crippen LogP) is -5.34.